The van der Waals surface area contributed by atoms with E-state index < -0.39 is 0 Å². The maximum Gasteiger partial charge on any atom is 0.262 e. The standard InChI is InChI=1S/C22H19ClN4O2/c1-14-17(23)7-3-8-18(14)25-21(28)13-29-20-9-4-10-27-12-19(26-22(20)27)15-5-2-6-16(24)11-15/h2-12H,13,24H2,1H3,(H,25,28). The number of nitrogens with two attached hydrogens (primary N) is 1. The lowest BCUT2D eigenvalue weighted by Gasteiger charge is -2.10. The molecule has 0 saturated carbocycles. The fourth-order valence-corrected chi connectivity index (χ4v) is 3.18. The fraction of sp³-hybridized carbons (Fsp3) is 0.0909. The summed E-state index contributed by atoms with van der Waals surface area (Å²) in [6.07, 6.45) is 3.77. The third-order valence-corrected chi connectivity index (χ3v) is 4.94. The highest BCUT2D eigenvalue weighted by Crippen LogP contribution is 2.26. The molecule has 2 heterocycles. The van der Waals surface area contributed by atoms with Crippen LogP contribution in [0.15, 0.2) is 67.0 Å². The number of anilines is 2. The van der Waals surface area contributed by atoms with Gasteiger partial charge in [-0.25, -0.2) is 4.98 Å². The number of nitrogens with one attached hydrogen (secondary N) is 1. The first-order valence-electron chi connectivity index (χ1n) is 9.02. The summed E-state index contributed by atoms with van der Waals surface area (Å²) >= 11 is 6.10. The molecule has 4 rings (SSSR count). The molecular weight excluding hydrogens is 388 g/mol. The molecule has 3 N–H and O–H groups in total. The highest BCUT2D eigenvalue weighted by atomic mass is 35.5. The molecule has 0 saturated heterocycles. The number of amides is 1. The summed E-state index contributed by atoms with van der Waals surface area (Å²) in [5.74, 6) is 0.237. The van der Waals surface area contributed by atoms with Crippen molar-refractivity contribution in [2.75, 3.05) is 17.7 Å². The first-order valence-corrected chi connectivity index (χ1v) is 9.40. The Morgan fingerprint density at radius 3 is 2.86 bits per heavy atom. The van der Waals surface area contributed by atoms with Crippen LogP contribution in [0.4, 0.5) is 11.4 Å². The second kappa shape index (κ2) is 7.85. The first kappa shape index (κ1) is 18.8. The Kier molecular flexibility index (Phi) is 5.10. The normalized spacial score (nSPS) is 10.8. The first-order chi connectivity index (χ1) is 14.0. The number of hydrogen-bond donors (Lipinski definition) is 2. The van der Waals surface area contributed by atoms with Crippen LogP contribution in [0, 0.1) is 6.92 Å². The van der Waals surface area contributed by atoms with Crippen molar-refractivity contribution in [1.82, 2.24) is 9.38 Å². The van der Waals surface area contributed by atoms with Crippen LogP contribution in [0.2, 0.25) is 5.02 Å². The Balaban J connectivity index is 1.52. The Hall–Kier alpha value is -3.51. The van der Waals surface area contributed by atoms with E-state index in [9.17, 15) is 4.79 Å². The summed E-state index contributed by atoms with van der Waals surface area (Å²) < 4.78 is 7.60. The number of hydrogen-bond acceptors (Lipinski definition) is 4. The largest absolute Gasteiger partial charge is 0.480 e. The average molecular weight is 407 g/mol. The minimum Gasteiger partial charge on any atom is -0.480 e. The van der Waals surface area contributed by atoms with Crippen molar-refractivity contribution in [3.05, 3.63) is 77.6 Å². The highest BCUT2D eigenvalue weighted by molar-refractivity contribution is 6.31. The van der Waals surface area contributed by atoms with Crippen LogP contribution in [0.5, 0.6) is 5.75 Å². The van der Waals surface area contributed by atoms with Gasteiger partial charge in [-0.3, -0.25) is 4.79 Å². The molecule has 7 heteroatoms. The van der Waals surface area contributed by atoms with Crippen LogP contribution in [-0.2, 0) is 4.79 Å². The number of ether oxygens (including phenoxy) is 1. The van der Waals surface area contributed by atoms with Gasteiger partial charge in [0.2, 0.25) is 0 Å². The van der Waals surface area contributed by atoms with E-state index in [0.717, 1.165) is 16.8 Å². The zero-order chi connectivity index (χ0) is 20.4. The summed E-state index contributed by atoms with van der Waals surface area (Å²) in [6, 6.07) is 16.5. The third-order valence-electron chi connectivity index (χ3n) is 4.53. The summed E-state index contributed by atoms with van der Waals surface area (Å²) in [7, 11) is 0. The number of benzene rings is 2. The summed E-state index contributed by atoms with van der Waals surface area (Å²) in [4.78, 5) is 17.0. The van der Waals surface area contributed by atoms with Crippen molar-refractivity contribution in [3.63, 3.8) is 0 Å². The van der Waals surface area contributed by atoms with E-state index in [1.807, 2.05) is 54.0 Å². The van der Waals surface area contributed by atoms with Crippen molar-refractivity contribution in [2.45, 2.75) is 6.92 Å². The molecular formula is C22H19ClN4O2. The van der Waals surface area contributed by atoms with Crippen molar-refractivity contribution in [3.8, 4) is 17.0 Å². The Morgan fingerprint density at radius 1 is 1.21 bits per heavy atom. The Bertz CT molecular complexity index is 1200. The van der Waals surface area contributed by atoms with Gasteiger partial charge >= 0.3 is 0 Å². The van der Waals surface area contributed by atoms with E-state index in [1.165, 1.54) is 0 Å². The molecule has 2 aromatic heterocycles. The van der Waals surface area contributed by atoms with Crippen LogP contribution in [0.3, 0.4) is 0 Å². The lowest BCUT2D eigenvalue weighted by molar-refractivity contribution is -0.118. The van der Waals surface area contributed by atoms with Gasteiger partial charge < -0.3 is 20.2 Å². The number of pyridine rings is 1. The molecule has 29 heavy (non-hydrogen) atoms. The molecule has 146 valence electrons. The van der Waals surface area contributed by atoms with Crippen LogP contribution in [0.25, 0.3) is 16.9 Å². The molecule has 0 aliphatic carbocycles. The summed E-state index contributed by atoms with van der Waals surface area (Å²) in [5.41, 5.74) is 10.3. The zero-order valence-electron chi connectivity index (χ0n) is 15.7. The zero-order valence-corrected chi connectivity index (χ0v) is 16.5. The molecule has 0 bridgehead atoms. The van der Waals surface area contributed by atoms with Crippen molar-refractivity contribution in [2.24, 2.45) is 0 Å². The molecule has 4 aromatic rings. The van der Waals surface area contributed by atoms with Gasteiger partial charge in [-0.2, -0.15) is 0 Å². The van der Waals surface area contributed by atoms with Crippen LogP contribution >= 0.6 is 11.6 Å². The number of imidazole rings is 1. The second-order valence-electron chi connectivity index (χ2n) is 6.60. The van der Waals surface area contributed by atoms with E-state index in [-0.39, 0.29) is 12.5 Å². The van der Waals surface area contributed by atoms with Crippen LogP contribution in [0.1, 0.15) is 5.56 Å². The lowest BCUT2D eigenvalue weighted by Crippen LogP contribution is -2.20. The van der Waals surface area contributed by atoms with Gasteiger partial charge in [0, 0.05) is 34.4 Å². The highest BCUT2D eigenvalue weighted by Gasteiger charge is 2.12. The fourth-order valence-electron chi connectivity index (χ4n) is 3.01. The molecule has 2 aromatic carbocycles. The molecule has 0 aliphatic rings. The number of rotatable bonds is 5. The smallest absolute Gasteiger partial charge is 0.262 e. The van der Waals surface area contributed by atoms with E-state index in [4.69, 9.17) is 22.1 Å². The molecule has 0 spiro atoms. The Labute approximate surface area is 172 Å². The van der Waals surface area contributed by atoms with Gasteiger partial charge in [0.1, 0.15) is 0 Å². The minimum atomic E-state index is -0.278. The molecule has 0 atom stereocenters. The maximum atomic E-state index is 12.3. The van der Waals surface area contributed by atoms with Gasteiger partial charge in [-0.1, -0.05) is 29.8 Å². The van der Waals surface area contributed by atoms with Crippen LogP contribution in [-0.4, -0.2) is 21.9 Å². The molecule has 0 radical (unpaired) electrons. The Morgan fingerprint density at radius 2 is 2.03 bits per heavy atom. The van der Waals surface area contributed by atoms with Crippen LogP contribution < -0.4 is 15.8 Å². The number of nitrogens with zero attached hydrogens (tertiary/aromatic N) is 2. The SMILES string of the molecule is Cc1c(Cl)cccc1NC(=O)COc1cccn2cc(-c3cccc(N)c3)nc12. The number of aromatic nitrogens is 2. The van der Waals surface area contributed by atoms with E-state index in [1.54, 1.807) is 24.3 Å². The maximum absolute atomic E-state index is 12.3. The topological polar surface area (TPSA) is 81.6 Å². The van der Waals surface area contributed by atoms with Crippen molar-refractivity contribution >= 4 is 34.5 Å². The lowest BCUT2D eigenvalue weighted by atomic mass is 10.1. The number of carbonyl (C=O) groups excluding carboxylic acids is 1. The number of carbonyl (C=O) groups is 1. The third kappa shape index (κ3) is 4.02. The minimum absolute atomic E-state index is 0.147. The molecule has 1 amide bonds. The van der Waals surface area contributed by atoms with Crippen molar-refractivity contribution in [1.29, 1.82) is 0 Å². The van der Waals surface area contributed by atoms with E-state index in [2.05, 4.69) is 10.3 Å². The second-order valence-corrected chi connectivity index (χ2v) is 7.01. The molecule has 0 aliphatic heterocycles. The predicted molar refractivity (Wildman–Crippen MR) is 115 cm³/mol. The monoisotopic (exact) mass is 406 g/mol. The number of halogens is 1. The molecule has 6 nitrogen and oxygen atoms in total. The molecule has 0 fully saturated rings. The van der Waals surface area contributed by atoms with Gasteiger partial charge in [0.05, 0.1) is 5.69 Å². The number of fused-ring (bicyclic) bond motifs is 1. The molecule has 0 unspecified atom stereocenters. The van der Waals surface area contributed by atoms with E-state index in [0.29, 0.717) is 27.8 Å². The average Bonchev–Trinajstić information content (AvgIpc) is 3.15. The van der Waals surface area contributed by atoms with E-state index >= 15 is 0 Å². The predicted octanol–water partition coefficient (Wildman–Crippen LogP) is 4.56. The van der Waals surface area contributed by atoms with Gasteiger partial charge in [0.15, 0.2) is 18.0 Å². The van der Waals surface area contributed by atoms with Gasteiger partial charge in [-0.15, -0.1) is 0 Å². The summed E-state index contributed by atoms with van der Waals surface area (Å²) in [5, 5.41) is 3.41. The quantitative estimate of drug-likeness (QED) is 0.476. The van der Waals surface area contributed by atoms with Gasteiger partial charge in [0.25, 0.3) is 5.91 Å². The van der Waals surface area contributed by atoms with Crippen molar-refractivity contribution < 1.29 is 9.53 Å². The van der Waals surface area contributed by atoms with Gasteiger partial charge in [-0.05, 0) is 48.9 Å². The summed E-state index contributed by atoms with van der Waals surface area (Å²) in [6.45, 7) is 1.70. The number of nitrogen functional groups attached to an aromatic ring is 1.